The molecule has 0 aliphatic rings. The van der Waals surface area contributed by atoms with Crippen molar-refractivity contribution in [2.45, 2.75) is 0 Å². The van der Waals surface area contributed by atoms with Crippen LogP contribution >= 0.6 is 0 Å². The molecule has 4 rings (SSSR count). The topological polar surface area (TPSA) is 77.5 Å². The van der Waals surface area contributed by atoms with Crippen molar-refractivity contribution in [3.63, 3.8) is 0 Å². The zero-order valence-corrected chi connectivity index (χ0v) is 13.5. The van der Waals surface area contributed by atoms with Crippen LogP contribution in [0.5, 0.6) is 0 Å². The highest BCUT2D eigenvalue weighted by molar-refractivity contribution is 6.07. The van der Waals surface area contributed by atoms with Crippen LogP contribution in [0.3, 0.4) is 0 Å². The van der Waals surface area contributed by atoms with E-state index in [1.165, 1.54) is 24.5 Å². The van der Waals surface area contributed by atoms with Gasteiger partial charge in [0, 0.05) is 5.39 Å². The van der Waals surface area contributed by atoms with Gasteiger partial charge in [-0.15, -0.1) is 0 Å². The maximum absolute atomic E-state index is 12.4. The van der Waals surface area contributed by atoms with Crippen molar-refractivity contribution in [3.05, 3.63) is 98.7 Å². The maximum atomic E-state index is 12.4. The quantitative estimate of drug-likeness (QED) is 0.321. The Morgan fingerprint density at radius 3 is 2.50 bits per heavy atom. The van der Waals surface area contributed by atoms with Gasteiger partial charge in [0.05, 0.1) is 10.9 Å². The highest BCUT2D eigenvalue weighted by atomic mass is 16.4. The number of fused-ring (bicyclic) bond motifs is 2. The molecule has 2 aromatic heterocycles. The monoisotopic (exact) mass is 344 g/mol. The second-order valence-electron chi connectivity index (χ2n) is 5.70. The molecule has 0 amide bonds. The molecule has 0 bridgehead atoms. The Labute approximate surface area is 146 Å². The normalized spacial score (nSPS) is 11.4. The third kappa shape index (κ3) is 2.75. The van der Waals surface area contributed by atoms with E-state index in [1.807, 2.05) is 0 Å². The zero-order valence-electron chi connectivity index (χ0n) is 13.5. The van der Waals surface area contributed by atoms with Crippen LogP contribution in [0.4, 0.5) is 0 Å². The van der Waals surface area contributed by atoms with E-state index in [0.29, 0.717) is 21.9 Å². The Balaban J connectivity index is 1.72. The summed E-state index contributed by atoms with van der Waals surface area (Å²) in [5.41, 5.74) is 0.0436. The number of allylic oxidation sites excluding steroid dienone is 1. The molecule has 26 heavy (non-hydrogen) atoms. The number of hydrogen-bond acceptors (Lipinski definition) is 5. The SMILES string of the molecule is O=C(C=Cc1coc2ccccc2c1=O)c1cc2ccccc2oc1=O. The van der Waals surface area contributed by atoms with Gasteiger partial charge in [-0.2, -0.15) is 0 Å². The van der Waals surface area contributed by atoms with Gasteiger partial charge in [0.2, 0.25) is 0 Å². The van der Waals surface area contributed by atoms with E-state index >= 15 is 0 Å². The largest absolute Gasteiger partial charge is 0.463 e. The van der Waals surface area contributed by atoms with Gasteiger partial charge in [0.25, 0.3) is 0 Å². The van der Waals surface area contributed by atoms with Crippen molar-refractivity contribution in [2.24, 2.45) is 0 Å². The molecular formula is C21H12O5. The lowest BCUT2D eigenvalue weighted by Crippen LogP contribution is -2.12. The van der Waals surface area contributed by atoms with Crippen LogP contribution in [0.15, 0.2) is 85.4 Å². The van der Waals surface area contributed by atoms with Gasteiger partial charge in [-0.25, -0.2) is 4.79 Å². The molecule has 0 atom stereocenters. The van der Waals surface area contributed by atoms with Crippen molar-refractivity contribution in [3.8, 4) is 0 Å². The minimum atomic E-state index is -0.719. The van der Waals surface area contributed by atoms with Gasteiger partial charge >= 0.3 is 5.63 Å². The summed E-state index contributed by atoms with van der Waals surface area (Å²) in [4.78, 5) is 36.8. The summed E-state index contributed by atoms with van der Waals surface area (Å²) in [6, 6.07) is 15.3. The van der Waals surface area contributed by atoms with Crippen molar-refractivity contribution in [1.82, 2.24) is 0 Å². The van der Waals surface area contributed by atoms with Gasteiger partial charge in [-0.3, -0.25) is 9.59 Å². The fraction of sp³-hybridized carbons (Fsp3) is 0. The fourth-order valence-corrected chi connectivity index (χ4v) is 2.70. The first-order valence-electron chi connectivity index (χ1n) is 7.89. The van der Waals surface area contributed by atoms with Crippen molar-refractivity contribution >= 4 is 33.8 Å². The summed E-state index contributed by atoms with van der Waals surface area (Å²) < 4.78 is 10.6. The van der Waals surface area contributed by atoms with Crippen molar-refractivity contribution in [2.75, 3.05) is 0 Å². The lowest BCUT2D eigenvalue weighted by Gasteiger charge is -1.99. The molecule has 0 saturated heterocycles. The third-order valence-electron chi connectivity index (χ3n) is 4.03. The van der Waals surface area contributed by atoms with Crippen molar-refractivity contribution < 1.29 is 13.6 Å². The summed E-state index contributed by atoms with van der Waals surface area (Å²) >= 11 is 0. The molecule has 0 aliphatic heterocycles. The Kier molecular flexibility index (Phi) is 3.82. The Hall–Kier alpha value is -3.73. The third-order valence-corrected chi connectivity index (χ3v) is 4.03. The Morgan fingerprint density at radius 2 is 1.65 bits per heavy atom. The molecule has 2 heterocycles. The van der Waals surface area contributed by atoms with E-state index < -0.39 is 11.4 Å². The first kappa shape index (κ1) is 15.8. The van der Waals surface area contributed by atoms with Crippen LogP contribution in [-0.2, 0) is 0 Å². The van der Waals surface area contributed by atoms with Gasteiger partial charge in [0.15, 0.2) is 11.2 Å². The fourth-order valence-electron chi connectivity index (χ4n) is 2.70. The first-order valence-corrected chi connectivity index (χ1v) is 7.89. The van der Waals surface area contributed by atoms with Crippen LogP contribution < -0.4 is 11.1 Å². The van der Waals surface area contributed by atoms with Crippen LogP contribution in [-0.4, -0.2) is 5.78 Å². The van der Waals surface area contributed by atoms with Gasteiger partial charge in [0.1, 0.15) is 23.0 Å². The number of benzene rings is 2. The zero-order chi connectivity index (χ0) is 18.1. The predicted molar refractivity (Wildman–Crippen MR) is 98.3 cm³/mol. The molecule has 0 radical (unpaired) electrons. The molecule has 5 heteroatoms. The molecule has 4 aromatic rings. The van der Waals surface area contributed by atoms with E-state index in [1.54, 1.807) is 48.5 Å². The van der Waals surface area contributed by atoms with Crippen LogP contribution in [0, 0.1) is 0 Å². The molecule has 0 saturated carbocycles. The lowest BCUT2D eigenvalue weighted by molar-refractivity contribution is 0.104. The summed E-state index contributed by atoms with van der Waals surface area (Å²) in [6.07, 6.45) is 3.80. The number of hydrogen-bond donors (Lipinski definition) is 0. The van der Waals surface area contributed by atoms with Crippen LogP contribution in [0.2, 0.25) is 0 Å². The summed E-state index contributed by atoms with van der Waals surface area (Å²) in [5, 5.41) is 1.07. The minimum Gasteiger partial charge on any atom is -0.463 e. The first-order chi connectivity index (χ1) is 12.6. The Bertz CT molecular complexity index is 1290. The summed E-state index contributed by atoms with van der Waals surface area (Å²) in [6.45, 7) is 0. The molecule has 0 unspecified atom stereocenters. The number of carbonyl (C=O) groups is 1. The average Bonchev–Trinajstić information content (AvgIpc) is 2.67. The molecular weight excluding hydrogens is 332 g/mol. The van der Waals surface area contributed by atoms with E-state index in [9.17, 15) is 14.4 Å². The maximum Gasteiger partial charge on any atom is 0.347 e. The Morgan fingerprint density at radius 1 is 0.923 bits per heavy atom. The van der Waals surface area contributed by atoms with E-state index in [2.05, 4.69) is 0 Å². The van der Waals surface area contributed by atoms with E-state index in [4.69, 9.17) is 8.83 Å². The second kappa shape index (κ2) is 6.29. The summed E-state index contributed by atoms with van der Waals surface area (Å²) in [5.74, 6) is -0.544. The van der Waals surface area contributed by atoms with Crippen molar-refractivity contribution in [1.29, 1.82) is 0 Å². The molecule has 0 N–H and O–H groups in total. The standard InChI is InChI=1S/C21H12O5/c22-17(16-11-13-5-1-3-7-18(13)26-21(16)24)10-9-14-12-25-19-8-4-2-6-15(19)20(14)23/h1-12H. The lowest BCUT2D eigenvalue weighted by atomic mass is 10.1. The number of carbonyl (C=O) groups excluding carboxylic acids is 1. The molecule has 0 fully saturated rings. The minimum absolute atomic E-state index is 0.0925. The molecule has 126 valence electrons. The molecule has 5 nitrogen and oxygen atoms in total. The number of ketones is 1. The van der Waals surface area contributed by atoms with Crippen LogP contribution in [0.25, 0.3) is 28.0 Å². The number of para-hydroxylation sites is 2. The second-order valence-corrected chi connectivity index (χ2v) is 5.70. The predicted octanol–water partition coefficient (Wildman–Crippen LogP) is 3.80. The molecule has 0 spiro atoms. The molecule has 0 aliphatic carbocycles. The van der Waals surface area contributed by atoms with E-state index in [0.717, 1.165) is 0 Å². The van der Waals surface area contributed by atoms with E-state index in [-0.39, 0.29) is 16.6 Å². The molecule has 2 aromatic carbocycles. The number of rotatable bonds is 3. The van der Waals surface area contributed by atoms with Gasteiger partial charge in [-0.05, 0) is 36.4 Å². The highest BCUT2D eigenvalue weighted by Crippen LogP contribution is 2.14. The smallest absolute Gasteiger partial charge is 0.347 e. The van der Waals surface area contributed by atoms with Gasteiger partial charge in [-0.1, -0.05) is 30.3 Å². The highest BCUT2D eigenvalue weighted by Gasteiger charge is 2.11. The average molecular weight is 344 g/mol. The van der Waals surface area contributed by atoms with Crippen LogP contribution in [0.1, 0.15) is 15.9 Å². The summed E-state index contributed by atoms with van der Waals surface area (Å²) in [7, 11) is 0. The van der Waals surface area contributed by atoms with Gasteiger partial charge < -0.3 is 8.83 Å².